The fourth-order valence-electron chi connectivity index (χ4n) is 3.49. The largest absolute Gasteiger partial charge is 0.478 e. The summed E-state index contributed by atoms with van der Waals surface area (Å²) >= 11 is 7.89. The standard InChI is InChI=1S/C20H19ClN2O2S/c21-16-11-13(5-6-15(16)20(24)25)12-23-9-7-14(8-10-23)19-22-17-3-1-2-4-18(17)26-19/h1-6,11,14H,7-10,12H2,(H,24,25). The van der Waals surface area contributed by atoms with Crippen LogP contribution in [0.15, 0.2) is 42.5 Å². The number of carboxylic acids is 1. The summed E-state index contributed by atoms with van der Waals surface area (Å²) in [5.74, 6) is -0.458. The first kappa shape index (κ1) is 17.5. The summed E-state index contributed by atoms with van der Waals surface area (Å²) in [6.07, 6.45) is 2.20. The van der Waals surface area contributed by atoms with Gasteiger partial charge in [0.1, 0.15) is 0 Å². The minimum atomic E-state index is -0.988. The highest BCUT2D eigenvalue weighted by Gasteiger charge is 2.23. The molecule has 0 amide bonds. The smallest absolute Gasteiger partial charge is 0.337 e. The van der Waals surface area contributed by atoms with E-state index in [1.54, 1.807) is 12.1 Å². The van der Waals surface area contributed by atoms with Gasteiger partial charge in [-0.3, -0.25) is 4.90 Å². The molecule has 1 aliphatic heterocycles. The van der Waals surface area contributed by atoms with Crippen molar-refractivity contribution in [3.8, 4) is 0 Å². The van der Waals surface area contributed by atoms with Crippen molar-refractivity contribution in [3.05, 3.63) is 63.6 Å². The highest BCUT2D eigenvalue weighted by Crippen LogP contribution is 2.34. The third-order valence-electron chi connectivity index (χ3n) is 4.92. The van der Waals surface area contributed by atoms with Gasteiger partial charge in [0, 0.05) is 12.5 Å². The van der Waals surface area contributed by atoms with E-state index < -0.39 is 5.97 Å². The molecule has 0 aliphatic carbocycles. The van der Waals surface area contributed by atoms with Crippen molar-refractivity contribution in [2.45, 2.75) is 25.3 Å². The quantitative estimate of drug-likeness (QED) is 0.683. The van der Waals surface area contributed by atoms with Crippen LogP contribution in [0.2, 0.25) is 5.02 Å². The zero-order valence-corrected chi connectivity index (χ0v) is 15.8. The van der Waals surface area contributed by atoms with E-state index in [4.69, 9.17) is 21.7 Å². The first-order valence-electron chi connectivity index (χ1n) is 8.69. The molecule has 4 nitrogen and oxygen atoms in total. The first-order valence-corrected chi connectivity index (χ1v) is 9.89. The van der Waals surface area contributed by atoms with Gasteiger partial charge in [0.25, 0.3) is 0 Å². The predicted molar refractivity (Wildman–Crippen MR) is 105 cm³/mol. The Bertz CT molecular complexity index is 915. The normalized spacial score (nSPS) is 16.2. The van der Waals surface area contributed by atoms with Crippen LogP contribution < -0.4 is 0 Å². The lowest BCUT2D eigenvalue weighted by Crippen LogP contribution is -2.32. The molecule has 26 heavy (non-hydrogen) atoms. The Morgan fingerprint density at radius 3 is 2.69 bits per heavy atom. The number of fused-ring (bicyclic) bond motifs is 1. The monoisotopic (exact) mass is 386 g/mol. The Balaban J connectivity index is 1.39. The Kier molecular flexibility index (Phi) is 4.94. The van der Waals surface area contributed by atoms with Gasteiger partial charge < -0.3 is 5.11 Å². The van der Waals surface area contributed by atoms with Crippen LogP contribution >= 0.6 is 22.9 Å². The van der Waals surface area contributed by atoms with Gasteiger partial charge in [-0.25, -0.2) is 9.78 Å². The van der Waals surface area contributed by atoms with Gasteiger partial charge in [0.2, 0.25) is 0 Å². The molecule has 0 atom stereocenters. The van der Waals surface area contributed by atoms with Crippen LogP contribution in [-0.4, -0.2) is 34.0 Å². The molecule has 1 aromatic heterocycles. The molecule has 3 aromatic rings. The highest BCUT2D eigenvalue weighted by molar-refractivity contribution is 7.18. The molecule has 2 heterocycles. The molecule has 134 valence electrons. The van der Waals surface area contributed by atoms with E-state index in [0.717, 1.165) is 43.6 Å². The molecule has 4 rings (SSSR count). The molecular weight excluding hydrogens is 368 g/mol. The number of hydrogen-bond acceptors (Lipinski definition) is 4. The number of likely N-dealkylation sites (tertiary alicyclic amines) is 1. The van der Waals surface area contributed by atoms with E-state index in [1.165, 1.54) is 9.71 Å². The van der Waals surface area contributed by atoms with Crippen LogP contribution in [0.4, 0.5) is 0 Å². The second-order valence-corrected chi connectivity index (χ2v) is 8.16. The number of aromatic nitrogens is 1. The van der Waals surface area contributed by atoms with E-state index in [2.05, 4.69) is 23.1 Å². The number of halogens is 1. The summed E-state index contributed by atoms with van der Waals surface area (Å²) < 4.78 is 1.26. The Morgan fingerprint density at radius 1 is 1.23 bits per heavy atom. The summed E-state index contributed by atoms with van der Waals surface area (Å²) in [6, 6.07) is 13.5. The number of nitrogens with zero attached hydrogens (tertiary/aromatic N) is 2. The number of aromatic carboxylic acids is 1. The molecule has 0 saturated carbocycles. The van der Waals surface area contributed by atoms with Crippen LogP contribution in [0.1, 0.15) is 39.7 Å². The summed E-state index contributed by atoms with van der Waals surface area (Å²) in [4.78, 5) is 18.3. The van der Waals surface area contributed by atoms with E-state index in [9.17, 15) is 4.79 Å². The van der Waals surface area contributed by atoms with Crippen LogP contribution in [0.3, 0.4) is 0 Å². The predicted octanol–water partition coefficient (Wildman–Crippen LogP) is 5.03. The number of para-hydroxylation sites is 1. The van der Waals surface area contributed by atoms with Crippen LogP contribution in [0.25, 0.3) is 10.2 Å². The van der Waals surface area contributed by atoms with Crippen molar-refractivity contribution in [2.24, 2.45) is 0 Å². The number of carboxylic acid groups (broad SMARTS) is 1. The van der Waals surface area contributed by atoms with E-state index in [1.807, 2.05) is 23.5 Å². The molecule has 0 bridgehead atoms. The van der Waals surface area contributed by atoms with Crippen molar-refractivity contribution in [1.82, 2.24) is 9.88 Å². The summed E-state index contributed by atoms with van der Waals surface area (Å²) in [5.41, 5.74) is 2.31. The Morgan fingerprint density at radius 2 is 2.00 bits per heavy atom. The van der Waals surface area contributed by atoms with Gasteiger partial charge in [0.05, 0.1) is 25.8 Å². The Hall–Kier alpha value is -1.95. The van der Waals surface area contributed by atoms with Crippen LogP contribution in [0, 0.1) is 0 Å². The summed E-state index contributed by atoms with van der Waals surface area (Å²) in [6.45, 7) is 2.82. The second-order valence-electron chi connectivity index (χ2n) is 6.69. The number of rotatable bonds is 4. The topological polar surface area (TPSA) is 53.4 Å². The van der Waals surface area contributed by atoms with Gasteiger partial charge in [-0.2, -0.15) is 0 Å². The molecule has 1 saturated heterocycles. The van der Waals surface area contributed by atoms with E-state index in [-0.39, 0.29) is 5.56 Å². The molecular formula is C20H19ClN2O2S. The van der Waals surface area contributed by atoms with E-state index >= 15 is 0 Å². The SMILES string of the molecule is O=C(O)c1ccc(CN2CCC(c3nc4ccccc4s3)CC2)cc1Cl. The maximum atomic E-state index is 11.1. The minimum Gasteiger partial charge on any atom is -0.478 e. The van der Waals surface area contributed by atoms with Crippen molar-refractivity contribution < 1.29 is 9.90 Å². The molecule has 0 unspecified atom stereocenters. The lowest BCUT2D eigenvalue weighted by molar-refractivity contribution is 0.0697. The molecule has 0 spiro atoms. The number of hydrogen-bond donors (Lipinski definition) is 1. The number of benzene rings is 2. The average molecular weight is 387 g/mol. The van der Waals surface area contributed by atoms with Gasteiger partial charge in [-0.15, -0.1) is 11.3 Å². The van der Waals surface area contributed by atoms with Crippen LogP contribution in [0.5, 0.6) is 0 Å². The fraction of sp³-hybridized carbons (Fsp3) is 0.300. The second kappa shape index (κ2) is 7.35. The van der Waals surface area contributed by atoms with Crippen molar-refractivity contribution in [2.75, 3.05) is 13.1 Å². The molecule has 0 radical (unpaired) electrons. The summed E-state index contributed by atoms with van der Waals surface area (Å²) in [5, 5.41) is 10.6. The number of carbonyl (C=O) groups is 1. The number of thiazole rings is 1. The van der Waals surface area contributed by atoms with Crippen LogP contribution in [-0.2, 0) is 6.54 Å². The zero-order valence-electron chi connectivity index (χ0n) is 14.2. The maximum absolute atomic E-state index is 11.1. The molecule has 1 fully saturated rings. The average Bonchev–Trinajstić information content (AvgIpc) is 3.06. The van der Waals surface area contributed by atoms with Crippen molar-refractivity contribution in [3.63, 3.8) is 0 Å². The Labute approximate surface area is 161 Å². The molecule has 1 N–H and O–H groups in total. The maximum Gasteiger partial charge on any atom is 0.337 e. The third kappa shape index (κ3) is 3.61. The molecule has 1 aliphatic rings. The third-order valence-corrected chi connectivity index (χ3v) is 6.43. The zero-order chi connectivity index (χ0) is 18.1. The summed E-state index contributed by atoms with van der Waals surface area (Å²) in [7, 11) is 0. The molecule has 6 heteroatoms. The van der Waals surface area contributed by atoms with Gasteiger partial charge in [0.15, 0.2) is 0 Å². The van der Waals surface area contributed by atoms with Crippen molar-refractivity contribution >= 4 is 39.1 Å². The molecule has 2 aromatic carbocycles. The lowest BCUT2D eigenvalue weighted by Gasteiger charge is -2.31. The van der Waals surface area contributed by atoms with E-state index in [0.29, 0.717) is 10.9 Å². The lowest BCUT2D eigenvalue weighted by atomic mass is 9.97. The van der Waals surface area contributed by atoms with Gasteiger partial charge >= 0.3 is 5.97 Å². The van der Waals surface area contributed by atoms with Gasteiger partial charge in [-0.1, -0.05) is 29.8 Å². The highest BCUT2D eigenvalue weighted by atomic mass is 35.5. The first-order chi connectivity index (χ1) is 12.6. The number of piperidine rings is 1. The fourth-order valence-corrected chi connectivity index (χ4v) is 4.91. The van der Waals surface area contributed by atoms with Gasteiger partial charge in [-0.05, 0) is 55.8 Å². The minimum absolute atomic E-state index is 0.157. The van der Waals surface area contributed by atoms with Crippen molar-refractivity contribution in [1.29, 1.82) is 0 Å².